The number of thiazole rings is 1. The van der Waals surface area contributed by atoms with Gasteiger partial charge >= 0.3 is 0 Å². The summed E-state index contributed by atoms with van der Waals surface area (Å²) < 4.78 is 0. The highest BCUT2D eigenvalue weighted by Crippen LogP contribution is 2.24. The van der Waals surface area contributed by atoms with Crippen molar-refractivity contribution in [2.24, 2.45) is 0 Å². The van der Waals surface area contributed by atoms with E-state index in [1.807, 2.05) is 17.5 Å². The van der Waals surface area contributed by atoms with E-state index in [4.69, 9.17) is 5.26 Å². The number of aromatic nitrogens is 1. The Bertz CT molecular complexity index is 508. The van der Waals surface area contributed by atoms with Crippen molar-refractivity contribution >= 4 is 11.3 Å². The van der Waals surface area contributed by atoms with Crippen molar-refractivity contribution in [3.8, 4) is 17.3 Å². The van der Waals surface area contributed by atoms with Gasteiger partial charge in [-0.25, -0.2) is 4.98 Å². The van der Waals surface area contributed by atoms with Crippen LogP contribution in [0.1, 0.15) is 10.6 Å². The third-order valence-electron chi connectivity index (χ3n) is 2.20. The second-order valence-electron chi connectivity index (χ2n) is 3.28. The summed E-state index contributed by atoms with van der Waals surface area (Å²) in [5, 5.41) is 11.5. The van der Waals surface area contributed by atoms with Gasteiger partial charge in [0.05, 0.1) is 18.2 Å². The Labute approximate surface area is 92.8 Å². The van der Waals surface area contributed by atoms with Crippen LogP contribution in [0.4, 0.5) is 0 Å². The Hall–Kier alpha value is -1.66. The number of nitriles is 1. The molecule has 1 heterocycles. The Morgan fingerprint density at radius 3 is 2.93 bits per heavy atom. The molecule has 0 amide bonds. The van der Waals surface area contributed by atoms with Gasteiger partial charge in [0.1, 0.15) is 5.01 Å². The number of rotatable bonds is 2. The molecule has 15 heavy (non-hydrogen) atoms. The molecule has 0 N–H and O–H groups in total. The molecule has 0 aliphatic rings. The van der Waals surface area contributed by atoms with Gasteiger partial charge in [-0.05, 0) is 12.5 Å². The normalized spacial score (nSPS) is 9.87. The maximum Gasteiger partial charge on any atom is 0.107 e. The van der Waals surface area contributed by atoms with Crippen LogP contribution >= 0.6 is 11.3 Å². The van der Waals surface area contributed by atoms with E-state index in [1.54, 1.807) is 11.3 Å². The molecule has 0 saturated carbocycles. The summed E-state index contributed by atoms with van der Waals surface area (Å²) in [6.45, 7) is 2.07. The third-order valence-corrected chi connectivity index (χ3v) is 3.05. The number of nitrogens with zero attached hydrogens (tertiary/aromatic N) is 2. The monoisotopic (exact) mass is 214 g/mol. The second kappa shape index (κ2) is 4.24. The summed E-state index contributed by atoms with van der Waals surface area (Å²) >= 11 is 1.54. The van der Waals surface area contributed by atoms with E-state index in [-0.39, 0.29) is 0 Å². The zero-order valence-electron chi connectivity index (χ0n) is 8.40. The lowest BCUT2D eigenvalue weighted by atomic mass is 10.1. The third kappa shape index (κ3) is 2.05. The molecule has 0 radical (unpaired) electrons. The number of benzene rings is 1. The van der Waals surface area contributed by atoms with E-state index in [1.165, 1.54) is 5.56 Å². The van der Waals surface area contributed by atoms with Gasteiger partial charge in [-0.1, -0.05) is 24.3 Å². The van der Waals surface area contributed by atoms with Crippen LogP contribution in [0.3, 0.4) is 0 Å². The molecule has 0 unspecified atom stereocenters. The Morgan fingerprint density at radius 1 is 1.40 bits per heavy atom. The molecule has 2 rings (SSSR count). The van der Waals surface area contributed by atoms with E-state index >= 15 is 0 Å². The Balaban J connectivity index is 2.38. The van der Waals surface area contributed by atoms with E-state index in [2.05, 4.69) is 30.1 Å². The van der Waals surface area contributed by atoms with Crippen molar-refractivity contribution in [1.82, 2.24) is 4.98 Å². The van der Waals surface area contributed by atoms with Crippen molar-refractivity contribution in [3.63, 3.8) is 0 Å². The van der Waals surface area contributed by atoms with Gasteiger partial charge in [0.15, 0.2) is 0 Å². The van der Waals surface area contributed by atoms with Crippen LogP contribution in [0.15, 0.2) is 29.6 Å². The first-order valence-corrected chi connectivity index (χ1v) is 5.56. The van der Waals surface area contributed by atoms with Gasteiger partial charge in [-0.2, -0.15) is 5.26 Å². The molecule has 1 aromatic carbocycles. The Kier molecular flexibility index (Phi) is 2.79. The van der Waals surface area contributed by atoms with Crippen LogP contribution in [-0.4, -0.2) is 4.98 Å². The first-order valence-electron chi connectivity index (χ1n) is 4.68. The van der Waals surface area contributed by atoms with Gasteiger partial charge in [-0.15, -0.1) is 11.3 Å². The van der Waals surface area contributed by atoms with E-state index in [0.717, 1.165) is 16.3 Å². The number of aryl methyl sites for hydroxylation is 1. The second-order valence-corrected chi connectivity index (χ2v) is 4.22. The van der Waals surface area contributed by atoms with E-state index < -0.39 is 0 Å². The van der Waals surface area contributed by atoms with Crippen LogP contribution < -0.4 is 0 Å². The highest BCUT2D eigenvalue weighted by Gasteiger charge is 2.05. The van der Waals surface area contributed by atoms with Crippen LogP contribution in [0.25, 0.3) is 11.3 Å². The lowest BCUT2D eigenvalue weighted by molar-refractivity contribution is 1.19. The number of hydrogen-bond acceptors (Lipinski definition) is 3. The van der Waals surface area contributed by atoms with Gasteiger partial charge < -0.3 is 0 Å². The van der Waals surface area contributed by atoms with Gasteiger partial charge in [0.2, 0.25) is 0 Å². The summed E-state index contributed by atoms with van der Waals surface area (Å²) in [5.41, 5.74) is 3.34. The topological polar surface area (TPSA) is 36.7 Å². The maximum atomic E-state index is 8.57. The van der Waals surface area contributed by atoms with Gasteiger partial charge in [0.25, 0.3) is 0 Å². The molecule has 0 atom stereocenters. The van der Waals surface area contributed by atoms with Crippen LogP contribution in [0.5, 0.6) is 0 Å². The molecule has 74 valence electrons. The van der Waals surface area contributed by atoms with E-state index in [0.29, 0.717) is 6.42 Å². The molecule has 0 saturated heterocycles. The molecule has 0 aliphatic carbocycles. The molecule has 0 bridgehead atoms. The molecule has 3 heteroatoms. The minimum Gasteiger partial charge on any atom is -0.240 e. The lowest BCUT2D eigenvalue weighted by Crippen LogP contribution is -1.84. The highest BCUT2D eigenvalue weighted by atomic mass is 32.1. The fourth-order valence-electron chi connectivity index (χ4n) is 1.44. The van der Waals surface area contributed by atoms with Crippen molar-refractivity contribution in [3.05, 3.63) is 40.2 Å². The minimum absolute atomic E-state index is 0.399. The quantitative estimate of drug-likeness (QED) is 0.769. The minimum atomic E-state index is 0.399. The highest BCUT2D eigenvalue weighted by molar-refractivity contribution is 7.10. The van der Waals surface area contributed by atoms with Crippen molar-refractivity contribution < 1.29 is 0 Å². The summed E-state index contributed by atoms with van der Waals surface area (Å²) in [6.07, 6.45) is 0.399. The summed E-state index contributed by atoms with van der Waals surface area (Å²) in [4.78, 5) is 4.43. The van der Waals surface area contributed by atoms with Gasteiger partial charge in [0, 0.05) is 10.9 Å². The average Bonchev–Trinajstić information content (AvgIpc) is 2.68. The molecule has 0 aliphatic heterocycles. The fraction of sp³-hybridized carbons (Fsp3) is 0.167. The molecule has 0 spiro atoms. The standard InChI is InChI=1S/C12H10N2S/c1-9-4-2-3-5-10(9)11-8-15-12(14-11)6-7-13/h2-5,8H,6H2,1H3. The molecule has 0 fully saturated rings. The lowest BCUT2D eigenvalue weighted by Gasteiger charge is -2.00. The molecule has 2 nitrogen and oxygen atoms in total. The van der Waals surface area contributed by atoms with Gasteiger partial charge in [-0.3, -0.25) is 0 Å². The average molecular weight is 214 g/mol. The summed E-state index contributed by atoms with van der Waals surface area (Å²) in [5.74, 6) is 0. The number of hydrogen-bond donors (Lipinski definition) is 0. The smallest absolute Gasteiger partial charge is 0.107 e. The SMILES string of the molecule is Cc1ccccc1-c1csc(CC#N)n1. The Morgan fingerprint density at radius 2 is 2.20 bits per heavy atom. The first kappa shape index (κ1) is 9.88. The first-order chi connectivity index (χ1) is 7.31. The van der Waals surface area contributed by atoms with Crippen molar-refractivity contribution in [2.45, 2.75) is 13.3 Å². The maximum absolute atomic E-state index is 8.57. The zero-order valence-corrected chi connectivity index (χ0v) is 9.21. The predicted molar refractivity (Wildman–Crippen MR) is 61.6 cm³/mol. The van der Waals surface area contributed by atoms with Crippen molar-refractivity contribution in [1.29, 1.82) is 5.26 Å². The predicted octanol–water partition coefficient (Wildman–Crippen LogP) is 3.18. The largest absolute Gasteiger partial charge is 0.240 e. The molecular weight excluding hydrogens is 204 g/mol. The van der Waals surface area contributed by atoms with Crippen LogP contribution in [0, 0.1) is 18.3 Å². The fourth-order valence-corrected chi connectivity index (χ4v) is 2.17. The van der Waals surface area contributed by atoms with E-state index in [9.17, 15) is 0 Å². The van der Waals surface area contributed by atoms with Crippen molar-refractivity contribution in [2.75, 3.05) is 0 Å². The molecule has 1 aromatic heterocycles. The van der Waals surface area contributed by atoms with Crippen LogP contribution in [-0.2, 0) is 6.42 Å². The van der Waals surface area contributed by atoms with Crippen LogP contribution in [0.2, 0.25) is 0 Å². The summed E-state index contributed by atoms with van der Waals surface area (Å²) in [6, 6.07) is 10.3. The zero-order chi connectivity index (χ0) is 10.7. The molecular formula is C12H10N2S. The molecule has 2 aromatic rings. The summed E-state index contributed by atoms with van der Waals surface area (Å²) in [7, 11) is 0.